The van der Waals surface area contributed by atoms with Gasteiger partial charge in [0.25, 0.3) is 5.91 Å². The summed E-state index contributed by atoms with van der Waals surface area (Å²) in [6, 6.07) is 15.7. The quantitative estimate of drug-likeness (QED) is 0.510. The van der Waals surface area contributed by atoms with Crippen molar-refractivity contribution in [3.63, 3.8) is 0 Å². The molecule has 0 radical (unpaired) electrons. The number of nitrogens with zero attached hydrogens (tertiary/aromatic N) is 2. The van der Waals surface area contributed by atoms with Gasteiger partial charge in [-0.3, -0.25) is 9.78 Å². The number of para-hydroxylation sites is 1. The topological polar surface area (TPSA) is 71.5 Å². The van der Waals surface area contributed by atoms with Crippen LogP contribution in [-0.2, 0) is 22.4 Å². The lowest BCUT2D eigenvalue weighted by Crippen LogP contribution is -2.30. The van der Waals surface area contributed by atoms with Crippen molar-refractivity contribution in [3.05, 3.63) is 65.4 Å². The fraction of sp³-hybridized carbons (Fsp3) is 0.370. The van der Waals surface area contributed by atoms with Crippen molar-refractivity contribution in [3.8, 4) is 0 Å². The number of pyridine rings is 1. The number of amides is 1. The molecule has 2 aromatic carbocycles. The van der Waals surface area contributed by atoms with Crippen LogP contribution in [0.15, 0.2) is 48.5 Å². The molecule has 4 rings (SSSR count). The van der Waals surface area contributed by atoms with E-state index in [-0.39, 0.29) is 12.5 Å². The third-order valence-electron chi connectivity index (χ3n) is 6.15. The van der Waals surface area contributed by atoms with E-state index in [9.17, 15) is 9.59 Å². The predicted molar refractivity (Wildman–Crippen MR) is 132 cm³/mol. The van der Waals surface area contributed by atoms with Crippen LogP contribution in [-0.4, -0.2) is 36.1 Å². The molecule has 0 saturated heterocycles. The Hall–Kier alpha value is -3.41. The Balaban J connectivity index is 1.44. The summed E-state index contributed by atoms with van der Waals surface area (Å²) >= 11 is 0. The van der Waals surface area contributed by atoms with Crippen molar-refractivity contribution in [1.82, 2.24) is 4.98 Å². The molecule has 6 nitrogen and oxygen atoms in total. The molecule has 1 aromatic heterocycles. The second-order valence-electron chi connectivity index (χ2n) is 8.69. The minimum atomic E-state index is -0.465. The lowest BCUT2D eigenvalue weighted by Gasteiger charge is -2.27. The second-order valence-corrected chi connectivity index (χ2v) is 8.69. The van der Waals surface area contributed by atoms with Crippen molar-refractivity contribution in [2.75, 3.05) is 23.4 Å². The number of rotatable bonds is 7. The van der Waals surface area contributed by atoms with E-state index in [1.165, 1.54) is 0 Å². The number of aryl methyl sites for hydroxylation is 1. The zero-order chi connectivity index (χ0) is 23.4. The number of aromatic nitrogens is 1. The molecule has 0 atom stereocenters. The first-order valence-corrected chi connectivity index (χ1v) is 11.7. The average Bonchev–Trinajstić information content (AvgIpc) is 2.82. The maximum absolute atomic E-state index is 13.1. The molecule has 6 heteroatoms. The molecule has 1 N–H and O–H groups in total. The van der Waals surface area contributed by atoms with E-state index in [1.54, 1.807) is 0 Å². The first-order chi connectivity index (χ1) is 16.0. The first-order valence-electron chi connectivity index (χ1n) is 11.7. The van der Waals surface area contributed by atoms with E-state index in [1.807, 2.05) is 48.5 Å². The Morgan fingerprint density at radius 1 is 1.06 bits per heavy atom. The molecule has 0 spiro atoms. The highest BCUT2D eigenvalue weighted by molar-refractivity contribution is 6.06. The van der Waals surface area contributed by atoms with Gasteiger partial charge >= 0.3 is 5.97 Å². The van der Waals surface area contributed by atoms with Crippen LogP contribution in [0, 0.1) is 0 Å². The molecule has 0 fully saturated rings. The maximum atomic E-state index is 13.1. The van der Waals surface area contributed by atoms with Crippen molar-refractivity contribution in [2.24, 2.45) is 0 Å². The van der Waals surface area contributed by atoms with Gasteiger partial charge in [0.05, 0.1) is 11.1 Å². The smallest absolute Gasteiger partial charge is 0.339 e. The Bertz CT molecular complexity index is 1160. The normalized spacial score (nSPS) is 13.0. The highest BCUT2D eigenvalue weighted by Crippen LogP contribution is 2.29. The molecule has 1 heterocycles. The van der Waals surface area contributed by atoms with E-state index in [0.29, 0.717) is 17.3 Å². The van der Waals surface area contributed by atoms with Gasteiger partial charge in [0.2, 0.25) is 0 Å². The van der Waals surface area contributed by atoms with E-state index in [4.69, 9.17) is 9.72 Å². The van der Waals surface area contributed by atoms with Crippen LogP contribution in [0.3, 0.4) is 0 Å². The van der Waals surface area contributed by atoms with Crippen molar-refractivity contribution in [1.29, 1.82) is 0 Å². The number of carbonyl (C=O) groups is 2. The predicted octanol–water partition coefficient (Wildman–Crippen LogP) is 5.14. The number of hydrogen-bond donors (Lipinski definition) is 1. The number of hydrogen-bond acceptors (Lipinski definition) is 5. The van der Waals surface area contributed by atoms with Crippen LogP contribution in [0.4, 0.5) is 11.4 Å². The summed E-state index contributed by atoms with van der Waals surface area (Å²) in [7, 11) is 0. The van der Waals surface area contributed by atoms with Crippen LogP contribution < -0.4 is 10.2 Å². The number of ether oxygens (including phenoxy) is 1. The summed E-state index contributed by atoms with van der Waals surface area (Å²) in [6.07, 6.45) is 3.77. The van der Waals surface area contributed by atoms with Crippen molar-refractivity contribution in [2.45, 2.75) is 52.5 Å². The van der Waals surface area contributed by atoms with Gasteiger partial charge in [-0.15, -0.1) is 0 Å². The SMILES string of the molecule is CCN(c1ccc(NC(=O)COC(=O)c2c3c(nc4ccccc24)CCCC3)cc1)C(C)C. The van der Waals surface area contributed by atoms with Gasteiger partial charge in [0, 0.05) is 35.0 Å². The standard InChI is InChI=1S/C27H31N3O3/c1-4-30(18(2)3)20-15-13-19(14-16-20)28-25(31)17-33-27(32)26-21-9-5-7-11-23(21)29-24-12-8-6-10-22(24)26/h5,7,9,11,13-16,18H,4,6,8,10,12,17H2,1-3H3,(H,28,31). The minimum absolute atomic E-state index is 0.334. The molecular weight excluding hydrogens is 414 g/mol. The summed E-state index contributed by atoms with van der Waals surface area (Å²) in [6.45, 7) is 6.99. The Kier molecular flexibility index (Phi) is 6.92. The number of benzene rings is 2. The number of nitrogens with one attached hydrogen (secondary N) is 1. The zero-order valence-corrected chi connectivity index (χ0v) is 19.6. The van der Waals surface area contributed by atoms with Gasteiger partial charge < -0.3 is 15.0 Å². The largest absolute Gasteiger partial charge is 0.452 e. The monoisotopic (exact) mass is 445 g/mol. The Morgan fingerprint density at radius 3 is 2.52 bits per heavy atom. The van der Waals surface area contributed by atoms with Gasteiger partial charge in [-0.1, -0.05) is 18.2 Å². The highest BCUT2D eigenvalue weighted by Gasteiger charge is 2.24. The lowest BCUT2D eigenvalue weighted by atomic mass is 9.90. The van der Waals surface area contributed by atoms with Gasteiger partial charge in [-0.25, -0.2) is 4.79 Å². The first kappa shape index (κ1) is 22.8. The molecule has 0 unspecified atom stereocenters. The van der Waals surface area contributed by atoms with Gasteiger partial charge in [-0.05, 0) is 82.3 Å². The number of fused-ring (bicyclic) bond motifs is 2. The summed E-state index contributed by atoms with van der Waals surface area (Å²) in [5, 5.41) is 3.60. The minimum Gasteiger partial charge on any atom is -0.452 e. The molecule has 1 aliphatic rings. The van der Waals surface area contributed by atoms with Gasteiger partial charge in [-0.2, -0.15) is 0 Å². The third-order valence-corrected chi connectivity index (χ3v) is 6.15. The van der Waals surface area contributed by atoms with E-state index in [2.05, 4.69) is 31.0 Å². The summed E-state index contributed by atoms with van der Waals surface area (Å²) in [4.78, 5) is 32.6. The molecule has 0 bridgehead atoms. The summed E-state index contributed by atoms with van der Waals surface area (Å²) < 4.78 is 5.46. The van der Waals surface area contributed by atoms with Crippen molar-refractivity contribution < 1.29 is 14.3 Å². The second kappa shape index (κ2) is 10.0. The fourth-order valence-corrected chi connectivity index (χ4v) is 4.59. The highest BCUT2D eigenvalue weighted by atomic mass is 16.5. The zero-order valence-electron chi connectivity index (χ0n) is 19.6. The molecule has 0 saturated carbocycles. The molecule has 1 amide bonds. The Morgan fingerprint density at radius 2 is 1.79 bits per heavy atom. The van der Waals surface area contributed by atoms with E-state index in [0.717, 1.165) is 60.1 Å². The average molecular weight is 446 g/mol. The van der Waals surface area contributed by atoms with Crippen LogP contribution in [0.25, 0.3) is 10.9 Å². The van der Waals surface area contributed by atoms with Crippen LogP contribution in [0.2, 0.25) is 0 Å². The van der Waals surface area contributed by atoms with E-state index < -0.39 is 5.97 Å². The van der Waals surface area contributed by atoms with Gasteiger partial charge in [0.1, 0.15) is 0 Å². The molecule has 3 aromatic rings. The van der Waals surface area contributed by atoms with Gasteiger partial charge in [0.15, 0.2) is 6.61 Å². The molecule has 1 aliphatic carbocycles. The number of anilines is 2. The fourth-order valence-electron chi connectivity index (χ4n) is 4.59. The van der Waals surface area contributed by atoms with E-state index >= 15 is 0 Å². The number of carbonyl (C=O) groups excluding carboxylic acids is 2. The molecule has 172 valence electrons. The molecule has 0 aliphatic heterocycles. The maximum Gasteiger partial charge on any atom is 0.339 e. The lowest BCUT2D eigenvalue weighted by molar-refractivity contribution is -0.119. The molecule has 33 heavy (non-hydrogen) atoms. The number of esters is 1. The summed E-state index contributed by atoms with van der Waals surface area (Å²) in [5.74, 6) is -0.827. The summed E-state index contributed by atoms with van der Waals surface area (Å²) in [5.41, 5.74) is 5.06. The van der Waals surface area contributed by atoms with Crippen LogP contribution in [0.5, 0.6) is 0 Å². The third kappa shape index (κ3) is 5.00. The Labute approximate surface area is 195 Å². The molecular formula is C27H31N3O3. The van der Waals surface area contributed by atoms with Crippen LogP contribution in [0.1, 0.15) is 55.2 Å². The van der Waals surface area contributed by atoms with Crippen molar-refractivity contribution >= 4 is 34.2 Å². The van der Waals surface area contributed by atoms with Crippen LogP contribution >= 0.6 is 0 Å².